The third kappa shape index (κ3) is 4.12. The highest BCUT2D eigenvalue weighted by molar-refractivity contribution is 6.30. The molecule has 2 nitrogen and oxygen atoms in total. The van der Waals surface area contributed by atoms with Crippen LogP contribution in [0.1, 0.15) is 50.2 Å². The molecule has 0 aromatic heterocycles. The molecule has 0 amide bonds. The van der Waals surface area contributed by atoms with Gasteiger partial charge in [-0.15, -0.1) is 0 Å². The van der Waals surface area contributed by atoms with Gasteiger partial charge in [-0.05, 0) is 36.1 Å². The number of hydrogen-bond donors (Lipinski definition) is 1. The maximum Gasteiger partial charge on any atom is 0.125 e. The van der Waals surface area contributed by atoms with E-state index in [0.717, 1.165) is 36.6 Å². The fourth-order valence-corrected chi connectivity index (χ4v) is 2.98. The molecule has 1 aliphatic heterocycles. The lowest BCUT2D eigenvalue weighted by atomic mass is 9.98. The van der Waals surface area contributed by atoms with Gasteiger partial charge in [0.2, 0.25) is 0 Å². The van der Waals surface area contributed by atoms with Crippen LogP contribution in [-0.2, 0) is 12.8 Å². The highest BCUT2D eigenvalue weighted by atomic mass is 35.5. The van der Waals surface area contributed by atoms with Crippen molar-refractivity contribution in [3.63, 3.8) is 0 Å². The number of rotatable bonds is 7. The lowest BCUT2D eigenvalue weighted by Gasteiger charge is -2.14. The van der Waals surface area contributed by atoms with Crippen LogP contribution in [0, 0.1) is 0 Å². The maximum absolute atomic E-state index is 6.23. The van der Waals surface area contributed by atoms with Crippen LogP contribution >= 0.6 is 11.6 Å². The molecule has 0 spiro atoms. The van der Waals surface area contributed by atoms with Crippen LogP contribution in [0.5, 0.6) is 5.75 Å². The van der Waals surface area contributed by atoms with Crippen LogP contribution < -0.4 is 10.5 Å². The summed E-state index contributed by atoms with van der Waals surface area (Å²) in [6.07, 6.45) is 8.01. The summed E-state index contributed by atoms with van der Waals surface area (Å²) in [6.45, 7) is 3.00. The van der Waals surface area contributed by atoms with Crippen molar-refractivity contribution in [2.24, 2.45) is 5.73 Å². The van der Waals surface area contributed by atoms with Gasteiger partial charge < -0.3 is 10.5 Å². The van der Waals surface area contributed by atoms with E-state index in [1.807, 2.05) is 12.1 Å². The van der Waals surface area contributed by atoms with E-state index >= 15 is 0 Å². The van der Waals surface area contributed by atoms with Crippen molar-refractivity contribution in [3.05, 3.63) is 28.3 Å². The number of hydrogen-bond acceptors (Lipinski definition) is 2. The first-order chi connectivity index (χ1) is 9.20. The van der Waals surface area contributed by atoms with Gasteiger partial charge in [0.25, 0.3) is 0 Å². The first kappa shape index (κ1) is 14.7. The molecule has 3 heteroatoms. The summed E-state index contributed by atoms with van der Waals surface area (Å²) in [5.41, 5.74) is 8.65. The molecule has 1 heterocycles. The summed E-state index contributed by atoms with van der Waals surface area (Å²) in [7, 11) is 0. The molecule has 1 aromatic rings. The Bertz CT molecular complexity index is 419. The van der Waals surface area contributed by atoms with Gasteiger partial charge in [-0.1, -0.05) is 44.2 Å². The van der Waals surface area contributed by atoms with Crippen molar-refractivity contribution in [2.75, 3.05) is 6.61 Å². The fourth-order valence-electron chi connectivity index (χ4n) is 2.72. The Morgan fingerprint density at radius 1 is 1.32 bits per heavy atom. The van der Waals surface area contributed by atoms with Gasteiger partial charge in [-0.3, -0.25) is 0 Å². The Labute approximate surface area is 121 Å². The Kier molecular flexibility index (Phi) is 5.53. The largest absolute Gasteiger partial charge is 0.493 e. The van der Waals surface area contributed by atoms with Crippen LogP contribution in [0.25, 0.3) is 0 Å². The molecule has 2 N–H and O–H groups in total. The maximum atomic E-state index is 6.23. The number of halogens is 1. The molecule has 1 atom stereocenters. The smallest absolute Gasteiger partial charge is 0.125 e. The zero-order valence-electron chi connectivity index (χ0n) is 11.8. The van der Waals surface area contributed by atoms with Gasteiger partial charge in [0.05, 0.1) is 6.61 Å². The van der Waals surface area contributed by atoms with Gasteiger partial charge in [0, 0.05) is 17.5 Å². The number of unbranched alkanes of at least 4 members (excludes halogenated alkanes) is 3. The normalized spacial score (nSPS) is 15.1. The molecule has 0 aliphatic carbocycles. The lowest BCUT2D eigenvalue weighted by molar-refractivity contribution is 0.352. The monoisotopic (exact) mass is 281 g/mol. The van der Waals surface area contributed by atoms with E-state index in [0.29, 0.717) is 0 Å². The number of ether oxygens (including phenoxy) is 1. The molecule has 2 rings (SSSR count). The third-order valence-electron chi connectivity index (χ3n) is 3.74. The van der Waals surface area contributed by atoms with Gasteiger partial charge in [0.1, 0.15) is 5.75 Å². The zero-order chi connectivity index (χ0) is 13.7. The number of benzene rings is 1. The number of nitrogens with two attached hydrogens (primary N) is 1. The summed E-state index contributed by atoms with van der Waals surface area (Å²) in [5.74, 6) is 1.04. The Balaban J connectivity index is 1.92. The highest BCUT2D eigenvalue weighted by Gasteiger charge is 2.18. The summed E-state index contributed by atoms with van der Waals surface area (Å²) < 4.78 is 5.71. The Morgan fingerprint density at radius 2 is 2.16 bits per heavy atom. The molecule has 1 unspecified atom stereocenters. The minimum atomic E-state index is 0.212. The quantitative estimate of drug-likeness (QED) is 0.763. The van der Waals surface area contributed by atoms with Gasteiger partial charge in [-0.2, -0.15) is 0 Å². The Morgan fingerprint density at radius 3 is 2.95 bits per heavy atom. The second kappa shape index (κ2) is 7.16. The van der Waals surface area contributed by atoms with E-state index in [1.165, 1.54) is 36.8 Å². The Hall–Kier alpha value is -0.730. The van der Waals surface area contributed by atoms with Crippen LogP contribution in [0.2, 0.25) is 5.02 Å². The molecule has 0 bridgehead atoms. The summed E-state index contributed by atoms with van der Waals surface area (Å²) in [6, 6.07) is 4.24. The summed E-state index contributed by atoms with van der Waals surface area (Å²) in [4.78, 5) is 0. The second-order valence-corrected chi connectivity index (χ2v) is 5.90. The molecule has 0 fully saturated rings. The molecule has 0 saturated heterocycles. The predicted molar refractivity (Wildman–Crippen MR) is 81.1 cm³/mol. The van der Waals surface area contributed by atoms with Gasteiger partial charge in [-0.25, -0.2) is 0 Å². The van der Waals surface area contributed by atoms with Crippen molar-refractivity contribution in [2.45, 2.75) is 57.9 Å². The molecule has 1 aliphatic rings. The summed E-state index contributed by atoms with van der Waals surface area (Å²) in [5, 5.41) is 0.803. The summed E-state index contributed by atoms with van der Waals surface area (Å²) >= 11 is 6.16. The van der Waals surface area contributed by atoms with Crippen molar-refractivity contribution in [3.8, 4) is 5.75 Å². The van der Waals surface area contributed by atoms with Gasteiger partial charge >= 0.3 is 0 Å². The third-order valence-corrected chi connectivity index (χ3v) is 3.95. The minimum absolute atomic E-state index is 0.212. The van der Waals surface area contributed by atoms with Crippen LogP contribution in [-0.4, -0.2) is 12.6 Å². The zero-order valence-corrected chi connectivity index (χ0v) is 12.5. The molecule has 0 saturated carbocycles. The van der Waals surface area contributed by atoms with Crippen molar-refractivity contribution < 1.29 is 4.74 Å². The second-order valence-electron chi connectivity index (χ2n) is 5.47. The molecular weight excluding hydrogens is 258 g/mol. The number of fused-ring (bicyclic) bond motifs is 1. The highest BCUT2D eigenvalue weighted by Crippen LogP contribution is 2.33. The van der Waals surface area contributed by atoms with E-state index in [-0.39, 0.29) is 6.04 Å². The van der Waals surface area contributed by atoms with Crippen molar-refractivity contribution in [1.29, 1.82) is 0 Å². The van der Waals surface area contributed by atoms with E-state index in [9.17, 15) is 0 Å². The molecule has 0 radical (unpaired) electrons. The van der Waals surface area contributed by atoms with Crippen LogP contribution in [0.4, 0.5) is 0 Å². The fraction of sp³-hybridized carbons (Fsp3) is 0.625. The van der Waals surface area contributed by atoms with Crippen molar-refractivity contribution >= 4 is 11.6 Å². The van der Waals surface area contributed by atoms with E-state index in [1.54, 1.807) is 0 Å². The standard InChI is InChI=1S/C16H24ClNO/c1-2-3-4-5-6-15(18)11-13-10-14(17)9-12-7-8-19-16(12)13/h9-10,15H,2-8,11,18H2,1H3. The molecule has 1 aromatic carbocycles. The van der Waals surface area contributed by atoms with Gasteiger partial charge in [0.15, 0.2) is 0 Å². The first-order valence-corrected chi connectivity index (χ1v) is 7.78. The van der Waals surface area contributed by atoms with Crippen molar-refractivity contribution in [1.82, 2.24) is 0 Å². The average molecular weight is 282 g/mol. The SMILES string of the molecule is CCCCCCC(N)Cc1cc(Cl)cc2c1OCC2. The molecule has 19 heavy (non-hydrogen) atoms. The predicted octanol–water partition coefficient (Wildman–Crippen LogP) is 4.12. The molecule has 106 valence electrons. The average Bonchev–Trinajstić information content (AvgIpc) is 2.82. The topological polar surface area (TPSA) is 35.2 Å². The van der Waals surface area contributed by atoms with E-state index in [4.69, 9.17) is 22.1 Å². The van der Waals surface area contributed by atoms with E-state index in [2.05, 4.69) is 6.92 Å². The first-order valence-electron chi connectivity index (χ1n) is 7.40. The van der Waals surface area contributed by atoms with E-state index < -0.39 is 0 Å². The molecular formula is C16H24ClNO. The minimum Gasteiger partial charge on any atom is -0.493 e. The van der Waals surface area contributed by atoms with Crippen LogP contribution in [0.3, 0.4) is 0 Å². The van der Waals surface area contributed by atoms with Crippen LogP contribution in [0.15, 0.2) is 12.1 Å². The lowest BCUT2D eigenvalue weighted by Crippen LogP contribution is -2.22.